The lowest BCUT2D eigenvalue weighted by molar-refractivity contribution is -0.207. The Balaban J connectivity index is 1.72. The molecule has 4 rings (SSSR count). The van der Waals surface area contributed by atoms with Gasteiger partial charge in [0.1, 0.15) is 0 Å². The van der Waals surface area contributed by atoms with Crippen LogP contribution in [0.4, 0.5) is 0 Å². The topological polar surface area (TPSA) is 39.4 Å². The number of ether oxygens (including phenoxy) is 1. The number of esters is 1. The second-order valence-corrected chi connectivity index (χ2v) is 8.25. The van der Waals surface area contributed by atoms with Gasteiger partial charge in [0.15, 0.2) is 0 Å². The van der Waals surface area contributed by atoms with Gasteiger partial charge in [-0.15, -0.1) is 0 Å². The Hall–Kier alpha value is -1.77. The first kappa shape index (κ1) is 15.7. The number of cyclic esters (lactones) is 1. The zero-order valence-corrected chi connectivity index (χ0v) is 14.5. The van der Waals surface area contributed by atoms with Crippen LogP contribution in [0.15, 0.2) is 41.7 Å². The molecule has 0 N–H and O–H groups in total. The van der Waals surface area contributed by atoms with E-state index in [0.29, 0.717) is 12.5 Å². The third-order valence-electron chi connectivity index (χ3n) is 6.96. The van der Waals surface area contributed by atoms with E-state index in [4.69, 9.17) is 9.15 Å². The van der Waals surface area contributed by atoms with Crippen LogP contribution in [0, 0.1) is 22.7 Å². The lowest BCUT2D eigenvalue weighted by Crippen LogP contribution is -2.61. The standard InChI is InChI=1S/C21H26O3/c1-14-5-6-18-20(3)8-4-9-21(18,19(22)24-13-20)17(14)11-15(2)16-7-10-23-12-16/h7,10,12,17-18H,1-2,4-6,8-9,11,13H2,3H3/t17-,18-,20-,21-/m1/s1. The maximum atomic E-state index is 13.0. The van der Waals surface area contributed by atoms with Crippen LogP contribution in [0.25, 0.3) is 5.57 Å². The molecule has 0 unspecified atom stereocenters. The second-order valence-electron chi connectivity index (χ2n) is 8.25. The number of hydrogen-bond donors (Lipinski definition) is 0. The Morgan fingerprint density at radius 3 is 3.00 bits per heavy atom. The molecule has 3 fully saturated rings. The van der Waals surface area contributed by atoms with Crippen molar-refractivity contribution in [3.8, 4) is 0 Å². The molecule has 3 heteroatoms. The van der Waals surface area contributed by atoms with Crippen molar-refractivity contribution in [2.75, 3.05) is 6.61 Å². The Bertz CT molecular complexity index is 686. The molecule has 2 saturated carbocycles. The van der Waals surface area contributed by atoms with Crippen molar-refractivity contribution in [1.82, 2.24) is 0 Å². The SMILES string of the molecule is C=C(C[C@@H]1C(=C)CC[C@@H]2[C@]3(C)CCC[C@@]12C(=O)OC3)c1ccoc1. The highest BCUT2D eigenvalue weighted by Crippen LogP contribution is 2.65. The molecule has 0 amide bonds. The molecule has 2 bridgehead atoms. The van der Waals surface area contributed by atoms with Crippen LogP contribution in [0.3, 0.4) is 0 Å². The number of carbonyl (C=O) groups excluding carboxylic acids is 1. The zero-order valence-electron chi connectivity index (χ0n) is 14.5. The minimum Gasteiger partial charge on any atom is -0.472 e. The van der Waals surface area contributed by atoms with Crippen LogP contribution >= 0.6 is 0 Å². The van der Waals surface area contributed by atoms with Gasteiger partial charge in [0, 0.05) is 11.0 Å². The fourth-order valence-corrected chi connectivity index (χ4v) is 5.73. The highest BCUT2D eigenvalue weighted by Gasteiger charge is 2.64. The monoisotopic (exact) mass is 326 g/mol. The number of hydrogen-bond acceptors (Lipinski definition) is 3. The average Bonchev–Trinajstić information content (AvgIpc) is 3.09. The smallest absolute Gasteiger partial charge is 0.313 e. The van der Waals surface area contributed by atoms with Crippen molar-refractivity contribution in [3.05, 3.63) is 42.9 Å². The van der Waals surface area contributed by atoms with Gasteiger partial charge in [-0.2, -0.15) is 0 Å². The van der Waals surface area contributed by atoms with Gasteiger partial charge < -0.3 is 9.15 Å². The molecule has 1 aliphatic heterocycles. The number of allylic oxidation sites excluding steroid dienone is 2. The van der Waals surface area contributed by atoms with Crippen molar-refractivity contribution in [1.29, 1.82) is 0 Å². The highest BCUT2D eigenvalue weighted by atomic mass is 16.5. The number of furan rings is 1. The van der Waals surface area contributed by atoms with E-state index in [1.807, 2.05) is 6.07 Å². The van der Waals surface area contributed by atoms with Gasteiger partial charge in [0.05, 0.1) is 24.5 Å². The minimum atomic E-state index is -0.396. The third kappa shape index (κ3) is 2.06. The molecular weight excluding hydrogens is 300 g/mol. The first-order chi connectivity index (χ1) is 11.5. The van der Waals surface area contributed by atoms with E-state index in [0.717, 1.165) is 49.7 Å². The summed E-state index contributed by atoms with van der Waals surface area (Å²) < 4.78 is 10.9. The van der Waals surface area contributed by atoms with E-state index in [-0.39, 0.29) is 17.3 Å². The lowest BCUT2D eigenvalue weighted by atomic mass is 9.45. The molecule has 2 heterocycles. The first-order valence-electron chi connectivity index (χ1n) is 9.03. The molecule has 0 aromatic carbocycles. The normalized spacial score (nSPS) is 38.4. The maximum absolute atomic E-state index is 13.0. The molecule has 24 heavy (non-hydrogen) atoms. The van der Waals surface area contributed by atoms with Crippen LogP contribution in [-0.4, -0.2) is 12.6 Å². The van der Waals surface area contributed by atoms with Gasteiger partial charge in [0.2, 0.25) is 0 Å². The summed E-state index contributed by atoms with van der Waals surface area (Å²) in [4.78, 5) is 13.0. The molecule has 1 aromatic heterocycles. The Kier molecular flexibility index (Phi) is 3.52. The first-order valence-corrected chi connectivity index (χ1v) is 9.03. The molecule has 3 aliphatic rings. The van der Waals surface area contributed by atoms with Crippen molar-refractivity contribution < 1.29 is 13.9 Å². The molecule has 4 atom stereocenters. The largest absolute Gasteiger partial charge is 0.472 e. The minimum absolute atomic E-state index is 0.00974. The average molecular weight is 326 g/mol. The van der Waals surface area contributed by atoms with E-state index in [1.165, 1.54) is 5.57 Å². The summed E-state index contributed by atoms with van der Waals surface area (Å²) in [7, 11) is 0. The summed E-state index contributed by atoms with van der Waals surface area (Å²) in [6.45, 7) is 11.5. The summed E-state index contributed by atoms with van der Waals surface area (Å²) in [6.07, 6.45) is 9.43. The van der Waals surface area contributed by atoms with Gasteiger partial charge in [0.25, 0.3) is 0 Å². The molecule has 1 saturated heterocycles. The highest BCUT2D eigenvalue weighted by molar-refractivity contribution is 5.80. The van der Waals surface area contributed by atoms with Crippen LogP contribution in [0.5, 0.6) is 0 Å². The molecule has 0 radical (unpaired) electrons. The maximum Gasteiger partial charge on any atom is 0.313 e. The van der Waals surface area contributed by atoms with Gasteiger partial charge >= 0.3 is 5.97 Å². The van der Waals surface area contributed by atoms with Crippen LogP contribution < -0.4 is 0 Å². The predicted molar refractivity (Wildman–Crippen MR) is 93.1 cm³/mol. The molecule has 0 spiro atoms. The van der Waals surface area contributed by atoms with Crippen molar-refractivity contribution in [2.24, 2.45) is 22.7 Å². The summed E-state index contributed by atoms with van der Waals surface area (Å²) >= 11 is 0. The lowest BCUT2D eigenvalue weighted by Gasteiger charge is -2.61. The fourth-order valence-electron chi connectivity index (χ4n) is 5.73. The van der Waals surface area contributed by atoms with E-state index < -0.39 is 5.41 Å². The fraction of sp³-hybridized carbons (Fsp3) is 0.571. The summed E-state index contributed by atoms with van der Waals surface area (Å²) in [5, 5.41) is 0. The van der Waals surface area contributed by atoms with E-state index in [1.54, 1.807) is 12.5 Å². The number of carbonyl (C=O) groups is 1. The van der Waals surface area contributed by atoms with Crippen LogP contribution in [0.1, 0.15) is 51.0 Å². The van der Waals surface area contributed by atoms with Crippen LogP contribution in [0.2, 0.25) is 0 Å². The van der Waals surface area contributed by atoms with E-state index in [9.17, 15) is 4.79 Å². The third-order valence-corrected chi connectivity index (χ3v) is 6.96. The van der Waals surface area contributed by atoms with Gasteiger partial charge in [-0.25, -0.2) is 0 Å². The quantitative estimate of drug-likeness (QED) is 0.580. The Labute approximate surface area is 143 Å². The summed E-state index contributed by atoms with van der Waals surface area (Å²) in [5.74, 6) is 0.550. The Morgan fingerprint density at radius 1 is 1.42 bits per heavy atom. The molecule has 1 aromatic rings. The number of rotatable bonds is 3. The predicted octanol–water partition coefficient (Wildman–Crippen LogP) is 5.00. The summed E-state index contributed by atoms with van der Waals surface area (Å²) in [5.41, 5.74) is 2.97. The van der Waals surface area contributed by atoms with Crippen molar-refractivity contribution in [3.63, 3.8) is 0 Å². The van der Waals surface area contributed by atoms with Crippen molar-refractivity contribution in [2.45, 2.75) is 45.4 Å². The molecular formula is C21H26O3. The van der Waals surface area contributed by atoms with Gasteiger partial charge in [-0.3, -0.25) is 4.79 Å². The molecule has 3 nitrogen and oxygen atoms in total. The van der Waals surface area contributed by atoms with E-state index >= 15 is 0 Å². The van der Waals surface area contributed by atoms with Gasteiger partial charge in [-0.1, -0.05) is 32.1 Å². The second kappa shape index (κ2) is 5.37. The van der Waals surface area contributed by atoms with Crippen molar-refractivity contribution >= 4 is 11.5 Å². The van der Waals surface area contributed by atoms with Crippen LogP contribution in [-0.2, 0) is 9.53 Å². The van der Waals surface area contributed by atoms with E-state index in [2.05, 4.69) is 20.1 Å². The molecule has 2 aliphatic carbocycles. The summed E-state index contributed by atoms with van der Waals surface area (Å²) in [6, 6.07) is 1.94. The zero-order chi connectivity index (χ0) is 16.9. The molecule has 128 valence electrons. The van der Waals surface area contributed by atoms with Gasteiger partial charge in [-0.05, 0) is 55.6 Å². The Morgan fingerprint density at radius 2 is 2.25 bits per heavy atom.